The molecule has 6 nitrogen and oxygen atoms in total. The third kappa shape index (κ3) is 3.58. The number of rotatable bonds is 4. The van der Waals surface area contributed by atoms with Gasteiger partial charge >= 0.3 is 5.97 Å². The molecule has 1 aromatic heterocycles. The lowest BCUT2D eigenvalue weighted by Gasteiger charge is -2.24. The van der Waals surface area contributed by atoms with E-state index in [0.29, 0.717) is 9.20 Å². The number of nitrogens with two attached hydrogens (primary N) is 1. The minimum atomic E-state index is -0.715. The van der Waals surface area contributed by atoms with E-state index in [9.17, 15) is 14.9 Å². The number of fused-ring (bicyclic) bond motifs is 1. The quantitative estimate of drug-likeness (QED) is 0.639. The van der Waals surface area contributed by atoms with Crippen LogP contribution in [0.15, 0.2) is 71.0 Å². The number of carbonyl (C=O) groups excluding carboxylic acids is 1. The lowest BCUT2D eigenvalue weighted by molar-refractivity contribution is -0.136. The van der Waals surface area contributed by atoms with Crippen molar-refractivity contribution < 1.29 is 9.53 Å². The van der Waals surface area contributed by atoms with E-state index in [-0.39, 0.29) is 29.1 Å². The number of esters is 1. The second-order valence-electron chi connectivity index (χ2n) is 6.86. The van der Waals surface area contributed by atoms with E-state index in [2.05, 4.69) is 6.07 Å². The molecule has 31 heavy (non-hydrogen) atoms. The van der Waals surface area contributed by atoms with Crippen molar-refractivity contribution in [3.8, 4) is 6.07 Å². The first-order valence-electron chi connectivity index (χ1n) is 9.71. The number of benzene rings is 2. The highest BCUT2D eigenvalue weighted by molar-refractivity contribution is 7.07. The summed E-state index contributed by atoms with van der Waals surface area (Å²) < 4.78 is 7.37. The van der Waals surface area contributed by atoms with E-state index < -0.39 is 11.9 Å². The highest BCUT2D eigenvalue weighted by Gasteiger charge is 2.36. The number of carbonyl (C=O) groups is 1. The number of nitrogens with zero attached hydrogens (tertiary/aromatic N) is 2. The van der Waals surface area contributed by atoms with E-state index in [1.165, 1.54) is 15.9 Å². The molecule has 0 fully saturated rings. The maximum atomic E-state index is 13.2. The average Bonchev–Trinajstić information content (AvgIpc) is 3.11. The Morgan fingerprint density at radius 3 is 2.45 bits per heavy atom. The SMILES string of the molecule is CCOC(=O)C1=c2s/c(=C/c3ccccc3)c(=O)n2C(N)=C(C#N)C1c1ccccc1. The van der Waals surface area contributed by atoms with E-state index in [1.54, 1.807) is 13.0 Å². The molecule has 1 aliphatic rings. The first kappa shape index (κ1) is 20.4. The number of ether oxygens (including phenoxy) is 1. The molecular formula is C24H19N3O3S. The summed E-state index contributed by atoms with van der Waals surface area (Å²) in [7, 11) is 0. The van der Waals surface area contributed by atoms with Gasteiger partial charge in [-0.15, -0.1) is 11.3 Å². The Bertz CT molecular complexity index is 1390. The van der Waals surface area contributed by atoms with Gasteiger partial charge in [-0.25, -0.2) is 4.79 Å². The van der Waals surface area contributed by atoms with Crippen LogP contribution >= 0.6 is 11.3 Å². The van der Waals surface area contributed by atoms with Gasteiger partial charge in [0, 0.05) is 0 Å². The maximum Gasteiger partial charge on any atom is 0.338 e. The number of hydrogen-bond acceptors (Lipinski definition) is 6. The third-order valence-corrected chi connectivity index (χ3v) is 6.10. The summed E-state index contributed by atoms with van der Waals surface area (Å²) in [6.07, 6.45) is 1.75. The Kier molecular flexibility index (Phi) is 5.56. The zero-order valence-corrected chi connectivity index (χ0v) is 17.6. The van der Waals surface area contributed by atoms with Crippen molar-refractivity contribution in [2.75, 3.05) is 6.61 Å². The van der Waals surface area contributed by atoms with Gasteiger partial charge in [0.25, 0.3) is 5.56 Å². The van der Waals surface area contributed by atoms with Crippen LogP contribution in [0.2, 0.25) is 0 Å². The third-order valence-electron chi connectivity index (χ3n) is 4.99. The molecule has 0 amide bonds. The van der Waals surface area contributed by atoms with Gasteiger partial charge in [0.1, 0.15) is 10.5 Å². The first-order chi connectivity index (χ1) is 15.1. The molecule has 7 heteroatoms. The van der Waals surface area contributed by atoms with Crippen molar-refractivity contribution in [1.82, 2.24) is 4.57 Å². The van der Waals surface area contributed by atoms with Gasteiger partial charge in [-0.3, -0.25) is 9.36 Å². The molecule has 0 bridgehead atoms. The normalized spacial score (nSPS) is 16.1. The molecule has 0 saturated carbocycles. The van der Waals surface area contributed by atoms with Gasteiger partial charge in [0.15, 0.2) is 0 Å². The minimum absolute atomic E-state index is 0.0355. The summed E-state index contributed by atoms with van der Waals surface area (Å²) in [5.41, 5.74) is 7.91. The molecule has 1 unspecified atom stereocenters. The predicted octanol–water partition coefficient (Wildman–Crippen LogP) is 1.90. The fourth-order valence-electron chi connectivity index (χ4n) is 3.63. The molecule has 0 aliphatic carbocycles. The molecule has 1 aliphatic heterocycles. The number of nitriles is 1. The molecule has 0 saturated heterocycles. The predicted molar refractivity (Wildman–Crippen MR) is 120 cm³/mol. The van der Waals surface area contributed by atoms with Crippen LogP contribution in [-0.2, 0) is 9.53 Å². The highest BCUT2D eigenvalue weighted by atomic mass is 32.1. The van der Waals surface area contributed by atoms with Crippen molar-refractivity contribution >= 4 is 34.8 Å². The lowest BCUT2D eigenvalue weighted by Crippen LogP contribution is -2.40. The summed E-state index contributed by atoms with van der Waals surface area (Å²) in [5.74, 6) is -1.25. The fourth-order valence-corrected chi connectivity index (χ4v) is 4.80. The van der Waals surface area contributed by atoms with Crippen LogP contribution in [0, 0.1) is 11.3 Å². The summed E-state index contributed by atoms with van der Waals surface area (Å²) >= 11 is 1.17. The van der Waals surface area contributed by atoms with Crippen LogP contribution in [0.1, 0.15) is 24.0 Å². The largest absolute Gasteiger partial charge is 0.463 e. The van der Waals surface area contributed by atoms with Crippen molar-refractivity contribution in [3.63, 3.8) is 0 Å². The second-order valence-corrected chi connectivity index (χ2v) is 7.89. The number of thiazole rings is 1. The van der Waals surface area contributed by atoms with E-state index in [4.69, 9.17) is 10.5 Å². The zero-order valence-electron chi connectivity index (χ0n) is 16.7. The Balaban J connectivity index is 2.10. The molecule has 4 rings (SSSR count). The van der Waals surface area contributed by atoms with Crippen molar-refractivity contribution in [1.29, 1.82) is 5.26 Å². The van der Waals surface area contributed by atoms with Crippen LogP contribution in [0.3, 0.4) is 0 Å². The van der Waals surface area contributed by atoms with Crippen LogP contribution in [-0.4, -0.2) is 17.1 Å². The van der Waals surface area contributed by atoms with Crippen LogP contribution in [0.4, 0.5) is 0 Å². The smallest absolute Gasteiger partial charge is 0.338 e. The molecule has 0 spiro atoms. The molecule has 2 heterocycles. The fraction of sp³-hybridized carbons (Fsp3) is 0.125. The van der Waals surface area contributed by atoms with Gasteiger partial charge in [0.2, 0.25) is 0 Å². The summed E-state index contributed by atoms with van der Waals surface area (Å²) in [6, 6.07) is 20.7. The van der Waals surface area contributed by atoms with Gasteiger partial charge in [-0.05, 0) is 24.1 Å². The van der Waals surface area contributed by atoms with E-state index in [1.807, 2.05) is 60.7 Å². The number of allylic oxidation sites excluding steroid dienone is 1. The van der Waals surface area contributed by atoms with Gasteiger partial charge in [0.05, 0.1) is 34.3 Å². The topological polar surface area (TPSA) is 98.1 Å². The van der Waals surface area contributed by atoms with Gasteiger partial charge in [-0.1, -0.05) is 60.7 Å². The molecular weight excluding hydrogens is 410 g/mol. The molecule has 0 radical (unpaired) electrons. The molecule has 2 aromatic carbocycles. The molecule has 2 N–H and O–H groups in total. The summed E-state index contributed by atoms with van der Waals surface area (Å²) in [4.78, 5) is 26.3. The summed E-state index contributed by atoms with van der Waals surface area (Å²) in [6.45, 7) is 1.88. The van der Waals surface area contributed by atoms with Crippen molar-refractivity contribution in [3.05, 3.63) is 96.9 Å². The molecule has 154 valence electrons. The maximum absolute atomic E-state index is 13.2. The van der Waals surface area contributed by atoms with E-state index in [0.717, 1.165) is 11.1 Å². The minimum Gasteiger partial charge on any atom is -0.463 e. The lowest BCUT2D eigenvalue weighted by atomic mass is 9.84. The second kappa shape index (κ2) is 8.46. The summed E-state index contributed by atoms with van der Waals surface area (Å²) in [5, 5.41) is 9.91. The van der Waals surface area contributed by atoms with Crippen LogP contribution < -0.4 is 20.5 Å². The first-order valence-corrected chi connectivity index (χ1v) is 10.5. The van der Waals surface area contributed by atoms with Gasteiger partial charge in [-0.2, -0.15) is 5.26 Å². The van der Waals surface area contributed by atoms with E-state index >= 15 is 0 Å². The Labute approximate surface area is 182 Å². The van der Waals surface area contributed by atoms with Crippen LogP contribution in [0.25, 0.3) is 17.5 Å². The monoisotopic (exact) mass is 429 g/mol. The molecule has 3 aromatic rings. The number of aromatic nitrogens is 1. The van der Waals surface area contributed by atoms with Gasteiger partial charge < -0.3 is 10.5 Å². The standard InChI is InChI=1S/C24H19N3O3S/c1-2-30-24(29)20-19(16-11-7-4-8-12-16)17(14-25)21(26)27-22(28)18(31-23(20)27)13-15-9-5-3-6-10-15/h3-13,19H,2,26H2,1H3/b18-13+. The number of hydrogen-bond donors (Lipinski definition) is 1. The highest BCUT2D eigenvalue weighted by Crippen LogP contribution is 2.36. The average molecular weight is 430 g/mol. The Hall–Kier alpha value is -3.89. The van der Waals surface area contributed by atoms with Crippen LogP contribution in [0.5, 0.6) is 0 Å². The van der Waals surface area contributed by atoms with Crippen molar-refractivity contribution in [2.24, 2.45) is 5.73 Å². The Morgan fingerprint density at radius 1 is 1.19 bits per heavy atom. The zero-order chi connectivity index (χ0) is 22.0. The van der Waals surface area contributed by atoms with Crippen molar-refractivity contribution in [2.45, 2.75) is 12.8 Å². The molecule has 1 atom stereocenters. The Morgan fingerprint density at radius 2 is 1.84 bits per heavy atom.